The van der Waals surface area contributed by atoms with Gasteiger partial charge in [0.1, 0.15) is 6.04 Å². The molecule has 0 fully saturated rings. The van der Waals surface area contributed by atoms with E-state index in [1.807, 2.05) is 53.7 Å². The van der Waals surface area contributed by atoms with Crippen molar-refractivity contribution in [2.45, 2.75) is 60.5 Å². The maximum Gasteiger partial charge on any atom is 0.243 e. The molecule has 5 nitrogen and oxygen atoms in total. The van der Waals surface area contributed by atoms with Crippen LogP contribution in [0.5, 0.6) is 0 Å². The minimum absolute atomic E-state index is 0.00360. The summed E-state index contributed by atoms with van der Waals surface area (Å²) in [5.41, 5.74) is 2.58. The predicted octanol–water partition coefficient (Wildman–Crippen LogP) is 3.25. The fourth-order valence-corrected chi connectivity index (χ4v) is 4.23. The van der Waals surface area contributed by atoms with Crippen molar-refractivity contribution >= 4 is 21.6 Å². The highest BCUT2D eigenvalue weighted by molar-refractivity contribution is 7.92. The van der Waals surface area contributed by atoms with Gasteiger partial charge in [0, 0.05) is 6.04 Å². The van der Waals surface area contributed by atoms with Gasteiger partial charge in [-0.15, -0.1) is 0 Å². The summed E-state index contributed by atoms with van der Waals surface area (Å²) < 4.78 is 25.9. The maximum atomic E-state index is 12.8. The molecular weight excluding hydrogens is 336 g/mol. The molecule has 1 atom stereocenters. The van der Waals surface area contributed by atoms with Crippen LogP contribution in [0.3, 0.4) is 0 Å². The second-order valence-electron chi connectivity index (χ2n) is 7.53. The Balaban J connectivity index is 3.19. The Bertz CT molecular complexity index is 703. The van der Waals surface area contributed by atoms with Crippen molar-refractivity contribution in [3.05, 3.63) is 29.3 Å². The third-order valence-corrected chi connectivity index (χ3v) is 5.82. The molecule has 0 aliphatic heterocycles. The summed E-state index contributed by atoms with van der Waals surface area (Å²) in [5.74, 6) is 0.255. The first kappa shape index (κ1) is 21.5. The second kappa shape index (κ2) is 8.21. The van der Waals surface area contributed by atoms with Gasteiger partial charge in [0.2, 0.25) is 15.9 Å². The van der Waals surface area contributed by atoms with Crippen molar-refractivity contribution in [3.63, 3.8) is 0 Å². The lowest BCUT2D eigenvalue weighted by molar-refractivity contribution is -0.123. The van der Waals surface area contributed by atoms with E-state index in [0.29, 0.717) is 5.69 Å². The fourth-order valence-electron chi connectivity index (χ4n) is 3.06. The Morgan fingerprint density at radius 2 is 1.52 bits per heavy atom. The van der Waals surface area contributed by atoms with Crippen LogP contribution in [0.4, 0.5) is 5.69 Å². The van der Waals surface area contributed by atoms with E-state index < -0.39 is 16.1 Å². The van der Waals surface area contributed by atoms with Gasteiger partial charge >= 0.3 is 0 Å². The van der Waals surface area contributed by atoms with Crippen LogP contribution in [0.25, 0.3) is 0 Å². The van der Waals surface area contributed by atoms with E-state index in [-0.39, 0.29) is 23.8 Å². The van der Waals surface area contributed by atoms with Crippen molar-refractivity contribution in [1.29, 1.82) is 0 Å². The molecule has 6 heteroatoms. The number of carbonyl (C=O) groups excluding carboxylic acids is 1. The molecule has 0 bridgehead atoms. The summed E-state index contributed by atoms with van der Waals surface area (Å²) in [6.07, 6.45) is 1.13. The van der Waals surface area contributed by atoms with E-state index in [9.17, 15) is 13.2 Å². The van der Waals surface area contributed by atoms with Gasteiger partial charge in [-0.3, -0.25) is 9.10 Å². The predicted molar refractivity (Wildman–Crippen MR) is 104 cm³/mol. The molecule has 0 saturated carbocycles. The van der Waals surface area contributed by atoms with Crippen LogP contribution < -0.4 is 9.62 Å². The SMILES string of the molecule is Cc1ccc(N([C@@H](C)C(=O)NC(C(C)C)C(C)C)S(C)(=O)=O)cc1C. The zero-order chi connectivity index (χ0) is 19.5. The number of hydrogen-bond acceptors (Lipinski definition) is 3. The minimum atomic E-state index is -3.60. The summed E-state index contributed by atoms with van der Waals surface area (Å²) in [6.45, 7) is 13.7. The third-order valence-electron chi connectivity index (χ3n) is 4.58. The number of aryl methyl sites for hydroxylation is 2. The molecule has 0 spiro atoms. The zero-order valence-electron chi connectivity index (χ0n) is 16.6. The number of nitrogens with one attached hydrogen (secondary N) is 1. The number of carbonyl (C=O) groups is 1. The monoisotopic (exact) mass is 368 g/mol. The van der Waals surface area contributed by atoms with Crippen LogP contribution in [-0.2, 0) is 14.8 Å². The number of anilines is 1. The number of amides is 1. The number of hydrogen-bond donors (Lipinski definition) is 1. The van der Waals surface area contributed by atoms with E-state index in [4.69, 9.17) is 0 Å². The van der Waals surface area contributed by atoms with Gasteiger partial charge in [-0.2, -0.15) is 0 Å². The average Bonchev–Trinajstić information content (AvgIpc) is 2.46. The van der Waals surface area contributed by atoms with Crippen LogP contribution in [0, 0.1) is 25.7 Å². The summed E-state index contributed by atoms with van der Waals surface area (Å²) in [7, 11) is -3.60. The van der Waals surface area contributed by atoms with Gasteiger partial charge in [0.05, 0.1) is 11.9 Å². The lowest BCUT2D eigenvalue weighted by atomic mass is 9.93. The molecule has 25 heavy (non-hydrogen) atoms. The number of benzene rings is 1. The Kier molecular flexibility index (Phi) is 7.06. The first-order valence-electron chi connectivity index (χ1n) is 8.73. The Morgan fingerprint density at radius 1 is 1.00 bits per heavy atom. The van der Waals surface area contributed by atoms with Crippen LogP contribution in [0.2, 0.25) is 0 Å². The minimum Gasteiger partial charge on any atom is -0.351 e. The molecule has 0 aliphatic carbocycles. The molecule has 1 N–H and O–H groups in total. The topological polar surface area (TPSA) is 66.5 Å². The van der Waals surface area contributed by atoms with Crippen LogP contribution in [0.1, 0.15) is 45.7 Å². The Hall–Kier alpha value is -1.56. The molecule has 0 saturated heterocycles. The Morgan fingerprint density at radius 3 is 1.92 bits per heavy atom. The molecule has 1 amide bonds. The highest BCUT2D eigenvalue weighted by Crippen LogP contribution is 2.24. The molecule has 0 unspecified atom stereocenters. The maximum absolute atomic E-state index is 12.8. The van der Waals surface area contributed by atoms with Gasteiger partial charge in [0.25, 0.3) is 0 Å². The highest BCUT2D eigenvalue weighted by Gasteiger charge is 2.31. The van der Waals surface area contributed by atoms with Gasteiger partial charge in [-0.25, -0.2) is 8.42 Å². The second-order valence-corrected chi connectivity index (χ2v) is 9.39. The van der Waals surface area contributed by atoms with E-state index in [2.05, 4.69) is 5.32 Å². The summed E-state index contributed by atoms with van der Waals surface area (Å²) in [6, 6.07) is 4.60. The first-order valence-corrected chi connectivity index (χ1v) is 10.6. The smallest absolute Gasteiger partial charge is 0.243 e. The lowest BCUT2D eigenvalue weighted by Gasteiger charge is -2.32. The highest BCUT2D eigenvalue weighted by atomic mass is 32.2. The number of sulfonamides is 1. The van der Waals surface area contributed by atoms with Crippen LogP contribution in [0.15, 0.2) is 18.2 Å². The van der Waals surface area contributed by atoms with Gasteiger partial charge in [-0.05, 0) is 55.9 Å². The van der Waals surface area contributed by atoms with E-state index in [1.54, 1.807) is 13.0 Å². The van der Waals surface area contributed by atoms with Crippen molar-refractivity contribution in [2.24, 2.45) is 11.8 Å². The van der Waals surface area contributed by atoms with Gasteiger partial charge in [-0.1, -0.05) is 33.8 Å². The lowest BCUT2D eigenvalue weighted by Crippen LogP contribution is -2.52. The largest absolute Gasteiger partial charge is 0.351 e. The molecule has 142 valence electrons. The van der Waals surface area contributed by atoms with Gasteiger partial charge in [0.15, 0.2) is 0 Å². The molecule has 0 radical (unpaired) electrons. The van der Waals surface area contributed by atoms with E-state index in [1.165, 1.54) is 4.31 Å². The van der Waals surface area contributed by atoms with Crippen LogP contribution in [-0.4, -0.2) is 32.7 Å². The molecule has 1 aromatic rings. The van der Waals surface area contributed by atoms with Crippen LogP contribution >= 0.6 is 0 Å². The average molecular weight is 369 g/mol. The van der Waals surface area contributed by atoms with E-state index in [0.717, 1.165) is 17.4 Å². The van der Waals surface area contributed by atoms with Crippen molar-refractivity contribution in [2.75, 3.05) is 10.6 Å². The summed E-state index contributed by atoms with van der Waals surface area (Å²) in [5, 5.41) is 3.02. The number of nitrogens with zero attached hydrogens (tertiary/aromatic N) is 1. The standard InChI is InChI=1S/C19H32N2O3S/c1-12(2)18(13(3)4)20-19(22)16(7)21(25(8,23)24)17-10-9-14(5)15(6)11-17/h9-13,16,18H,1-8H3,(H,20,22)/t16-/m0/s1. The number of rotatable bonds is 7. The van der Waals surface area contributed by atoms with E-state index >= 15 is 0 Å². The molecule has 1 rings (SSSR count). The first-order chi connectivity index (χ1) is 11.4. The van der Waals surface area contributed by atoms with Crippen molar-refractivity contribution < 1.29 is 13.2 Å². The molecule has 0 aromatic heterocycles. The Labute approximate surface area is 152 Å². The normalized spacial score (nSPS) is 13.4. The molecule has 0 aliphatic rings. The summed E-state index contributed by atoms with van der Waals surface area (Å²) >= 11 is 0. The zero-order valence-corrected chi connectivity index (χ0v) is 17.4. The van der Waals surface area contributed by atoms with Crippen molar-refractivity contribution in [3.8, 4) is 0 Å². The quantitative estimate of drug-likeness (QED) is 0.803. The third kappa shape index (κ3) is 5.46. The molecular formula is C19H32N2O3S. The molecule has 1 aromatic carbocycles. The summed E-state index contributed by atoms with van der Waals surface area (Å²) in [4.78, 5) is 12.8. The van der Waals surface area contributed by atoms with Gasteiger partial charge < -0.3 is 5.32 Å². The fraction of sp³-hybridized carbons (Fsp3) is 0.632. The molecule has 0 heterocycles. The van der Waals surface area contributed by atoms with Crippen molar-refractivity contribution in [1.82, 2.24) is 5.32 Å².